The number of hydrogen-bond donors (Lipinski definition) is 1. The summed E-state index contributed by atoms with van der Waals surface area (Å²) in [6.07, 6.45) is 2.52. The Morgan fingerprint density at radius 3 is 2.50 bits per heavy atom. The van der Waals surface area contributed by atoms with Gasteiger partial charge in [-0.15, -0.1) is 0 Å². The van der Waals surface area contributed by atoms with E-state index in [-0.39, 0.29) is 34.5 Å². The Bertz CT molecular complexity index is 547. The van der Waals surface area contributed by atoms with Crippen LogP contribution >= 0.6 is 0 Å². The predicted octanol–water partition coefficient (Wildman–Crippen LogP) is 1.54. The van der Waals surface area contributed by atoms with Gasteiger partial charge in [0, 0.05) is 12.0 Å². The maximum atomic E-state index is 12.4. The van der Waals surface area contributed by atoms with Gasteiger partial charge in [0.15, 0.2) is 15.6 Å². The van der Waals surface area contributed by atoms with E-state index in [1.54, 1.807) is 18.2 Å². The van der Waals surface area contributed by atoms with Crippen LogP contribution in [0.2, 0.25) is 0 Å². The van der Waals surface area contributed by atoms with E-state index in [1.807, 2.05) is 0 Å². The van der Waals surface area contributed by atoms with Crippen LogP contribution in [0.25, 0.3) is 0 Å². The standard InChI is InChI=1S/C13H17NO3S/c14-9-8-12(15)11-6-1-2-7-13(11)18(16,17)10-4-3-5-10/h1-2,6-7,10H,3-5,8-9,14H2. The Morgan fingerprint density at radius 1 is 1.28 bits per heavy atom. The topological polar surface area (TPSA) is 77.2 Å². The van der Waals surface area contributed by atoms with Crippen molar-refractivity contribution in [2.45, 2.75) is 35.8 Å². The average Bonchev–Trinajstić information content (AvgIpc) is 2.26. The zero-order chi connectivity index (χ0) is 13.2. The van der Waals surface area contributed by atoms with E-state index in [2.05, 4.69) is 0 Å². The summed E-state index contributed by atoms with van der Waals surface area (Å²) in [5.41, 5.74) is 5.64. The van der Waals surface area contributed by atoms with Gasteiger partial charge in [-0.1, -0.05) is 24.6 Å². The average molecular weight is 267 g/mol. The minimum Gasteiger partial charge on any atom is -0.330 e. The predicted molar refractivity (Wildman–Crippen MR) is 69.3 cm³/mol. The molecule has 1 aliphatic carbocycles. The summed E-state index contributed by atoms with van der Waals surface area (Å²) in [6.45, 7) is 0.233. The van der Waals surface area contributed by atoms with Crippen molar-refractivity contribution in [1.29, 1.82) is 0 Å². The van der Waals surface area contributed by atoms with E-state index in [4.69, 9.17) is 5.73 Å². The lowest BCUT2D eigenvalue weighted by Gasteiger charge is -2.26. The molecule has 0 amide bonds. The fourth-order valence-electron chi connectivity index (χ4n) is 2.07. The van der Waals surface area contributed by atoms with E-state index in [0.717, 1.165) is 6.42 Å². The first-order chi connectivity index (χ1) is 8.57. The molecule has 0 spiro atoms. The van der Waals surface area contributed by atoms with Crippen LogP contribution in [-0.4, -0.2) is 26.0 Å². The normalized spacial score (nSPS) is 16.3. The summed E-state index contributed by atoms with van der Waals surface area (Å²) >= 11 is 0. The lowest BCUT2D eigenvalue weighted by atomic mass is 10.00. The highest BCUT2D eigenvalue weighted by molar-refractivity contribution is 7.92. The Balaban J connectivity index is 2.41. The van der Waals surface area contributed by atoms with Gasteiger partial charge in [-0.3, -0.25) is 4.79 Å². The maximum absolute atomic E-state index is 12.4. The maximum Gasteiger partial charge on any atom is 0.181 e. The molecule has 2 N–H and O–H groups in total. The van der Waals surface area contributed by atoms with E-state index in [1.165, 1.54) is 6.07 Å². The number of ketones is 1. The second-order valence-corrected chi connectivity index (χ2v) is 6.75. The molecule has 0 atom stereocenters. The third-order valence-electron chi connectivity index (χ3n) is 3.36. The fourth-order valence-corrected chi connectivity index (χ4v) is 4.14. The van der Waals surface area contributed by atoms with Gasteiger partial charge in [0.05, 0.1) is 10.1 Å². The molecular weight excluding hydrogens is 250 g/mol. The molecule has 0 unspecified atom stereocenters. The van der Waals surface area contributed by atoms with Gasteiger partial charge in [0.2, 0.25) is 0 Å². The van der Waals surface area contributed by atoms with E-state index < -0.39 is 9.84 Å². The van der Waals surface area contributed by atoms with Crippen LogP contribution in [0.4, 0.5) is 0 Å². The van der Waals surface area contributed by atoms with Gasteiger partial charge in [0.1, 0.15) is 0 Å². The number of carbonyl (C=O) groups excluding carboxylic acids is 1. The van der Waals surface area contributed by atoms with Crippen molar-refractivity contribution in [2.75, 3.05) is 6.54 Å². The minimum absolute atomic E-state index is 0.174. The van der Waals surface area contributed by atoms with Gasteiger partial charge < -0.3 is 5.73 Å². The molecule has 18 heavy (non-hydrogen) atoms. The third-order valence-corrected chi connectivity index (χ3v) is 5.67. The quantitative estimate of drug-likeness (QED) is 0.821. The van der Waals surface area contributed by atoms with Crippen molar-refractivity contribution in [1.82, 2.24) is 0 Å². The van der Waals surface area contributed by atoms with Crippen LogP contribution in [-0.2, 0) is 9.84 Å². The number of sulfone groups is 1. The van der Waals surface area contributed by atoms with Crippen LogP contribution in [0, 0.1) is 0 Å². The molecule has 1 aromatic rings. The Hall–Kier alpha value is -1.20. The summed E-state index contributed by atoms with van der Waals surface area (Å²) in [7, 11) is -3.36. The zero-order valence-electron chi connectivity index (χ0n) is 10.1. The molecule has 0 heterocycles. The lowest BCUT2D eigenvalue weighted by molar-refractivity contribution is 0.0982. The highest BCUT2D eigenvalue weighted by Gasteiger charge is 2.34. The number of hydrogen-bond acceptors (Lipinski definition) is 4. The second kappa shape index (κ2) is 5.20. The summed E-state index contributed by atoms with van der Waals surface area (Å²) in [4.78, 5) is 12.1. The van der Waals surface area contributed by atoms with Crippen LogP contribution < -0.4 is 5.73 Å². The monoisotopic (exact) mass is 267 g/mol. The van der Waals surface area contributed by atoms with Crippen LogP contribution in [0.15, 0.2) is 29.2 Å². The molecule has 98 valence electrons. The van der Waals surface area contributed by atoms with Crippen molar-refractivity contribution in [3.05, 3.63) is 29.8 Å². The van der Waals surface area contributed by atoms with Crippen LogP contribution in [0.1, 0.15) is 36.0 Å². The molecule has 1 saturated carbocycles. The number of benzene rings is 1. The number of carbonyl (C=O) groups is 1. The molecule has 1 aromatic carbocycles. The van der Waals surface area contributed by atoms with Gasteiger partial charge in [-0.2, -0.15) is 0 Å². The van der Waals surface area contributed by atoms with Crippen molar-refractivity contribution >= 4 is 15.6 Å². The molecule has 5 heteroatoms. The van der Waals surface area contributed by atoms with Gasteiger partial charge in [-0.05, 0) is 25.5 Å². The van der Waals surface area contributed by atoms with E-state index in [0.29, 0.717) is 12.8 Å². The second-order valence-electron chi connectivity index (χ2n) is 4.56. The van der Waals surface area contributed by atoms with Crippen molar-refractivity contribution < 1.29 is 13.2 Å². The summed E-state index contributed by atoms with van der Waals surface area (Å²) in [6, 6.07) is 6.44. The van der Waals surface area contributed by atoms with Crippen molar-refractivity contribution in [3.63, 3.8) is 0 Å². The lowest BCUT2D eigenvalue weighted by Crippen LogP contribution is -2.29. The minimum atomic E-state index is -3.36. The number of Topliss-reactive ketones (excluding diaryl/α,β-unsaturated/α-hetero) is 1. The molecule has 0 aromatic heterocycles. The molecule has 1 aliphatic rings. The Morgan fingerprint density at radius 2 is 1.94 bits per heavy atom. The summed E-state index contributed by atoms with van der Waals surface area (Å²) < 4.78 is 24.7. The first-order valence-electron chi connectivity index (χ1n) is 6.13. The molecule has 0 bridgehead atoms. The molecule has 0 aliphatic heterocycles. The fraction of sp³-hybridized carbons (Fsp3) is 0.462. The van der Waals surface area contributed by atoms with Gasteiger partial charge in [0.25, 0.3) is 0 Å². The molecule has 4 nitrogen and oxygen atoms in total. The van der Waals surface area contributed by atoms with Crippen LogP contribution in [0.3, 0.4) is 0 Å². The smallest absolute Gasteiger partial charge is 0.181 e. The van der Waals surface area contributed by atoms with Crippen molar-refractivity contribution in [3.8, 4) is 0 Å². The van der Waals surface area contributed by atoms with E-state index >= 15 is 0 Å². The summed E-state index contributed by atoms with van der Waals surface area (Å²) in [5, 5.41) is -0.315. The molecule has 0 saturated heterocycles. The highest BCUT2D eigenvalue weighted by atomic mass is 32.2. The third kappa shape index (κ3) is 2.33. The van der Waals surface area contributed by atoms with Crippen molar-refractivity contribution in [2.24, 2.45) is 5.73 Å². The molecule has 0 radical (unpaired) electrons. The van der Waals surface area contributed by atoms with Gasteiger partial charge >= 0.3 is 0 Å². The highest BCUT2D eigenvalue weighted by Crippen LogP contribution is 2.32. The SMILES string of the molecule is NCCC(=O)c1ccccc1S(=O)(=O)C1CCC1. The largest absolute Gasteiger partial charge is 0.330 e. The molecule has 1 fully saturated rings. The number of nitrogens with two attached hydrogens (primary N) is 1. The molecular formula is C13H17NO3S. The Labute approximate surface area is 107 Å². The first kappa shape index (κ1) is 13.2. The van der Waals surface area contributed by atoms with Crippen LogP contribution in [0.5, 0.6) is 0 Å². The number of rotatable bonds is 5. The Kier molecular flexibility index (Phi) is 3.82. The first-order valence-corrected chi connectivity index (χ1v) is 7.68. The summed E-state index contributed by atoms with van der Waals surface area (Å²) in [5.74, 6) is -0.198. The zero-order valence-corrected chi connectivity index (χ0v) is 10.9. The van der Waals surface area contributed by atoms with Gasteiger partial charge in [-0.25, -0.2) is 8.42 Å². The van der Waals surface area contributed by atoms with E-state index in [9.17, 15) is 13.2 Å². The molecule has 2 rings (SSSR count).